The molecule has 3 aromatic rings. The van der Waals surface area contributed by atoms with Crippen molar-refractivity contribution in [2.75, 3.05) is 41.7 Å². The predicted molar refractivity (Wildman–Crippen MR) is 150 cm³/mol. The number of rotatable bonds is 5. The highest BCUT2D eigenvalue weighted by Gasteiger charge is 2.47. The highest BCUT2D eigenvalue weighted by molar-refractivity contribution is 5.99. The second-order valence-corrected chi connectivity index (χ2v) is 11.7. The molecular weight excluding hydrogens is 478 g/mol. The third kappa shape index (κ3) is 5.51. The third-order valence-electron chi connectivity index (χ3n) is 7.41. The average Bonchev–Trinajstić information content (AvgIpc) is 3.50. The van der Waals surface area contributed by atoms with Crippen molar-refractivity contribution in [2.45, 2.75) is 52.9 Å². The van der Waals surface area contributed by atoms with Gasteiger partial charge in [-0.05, 0) is 44.0 Å². The van der Waals surface area contributed by atoms with Crippen molar-refractivity contribution in [3.63, 3.8) is 0 Å². The number of carbonyl (C=O) groups is 2. The SMILES string of the molecule is Cc1ccc(-n2nc(C(C)(C)C)cc2NC(=O)Nc2ccc(N3CCN(C(=O)C4(C)CC4)CC3)nc2)cc1. The summed E-state index contributed by atoms with van der Waals surface area (Å²) in [5.41, 5.74) is 3.22. The standard InChI is InChI=1S/C29H37N7O2/c1-20-6-9-22(10-7-20)36-25(18-23(33-36)28(2,3)4)32-27(38)31-21-8-11-24(30-19-21)34-14-16-35(17-15-34)26(37)29(5)12-13-29/h6-11,18-19H,12-17H2,1-5H3,(H2,31,32,38). The minimum Gasteiger partial charge on any atom is -0.353 e. The van der Waals surface area contributed by atoms with Gasteiger partial charge in [-0.3, -0.25) is 10.1 Å². The second kappa shape index (κ2) is 9.78. The summed E-state index contributed by atoms with van der Waals surface area (Å²) in [6.07, 6.45) is 3.67. The molecule has 0 bridgehead atoms. The number of piperazine rings is 1. The Labute approximate surface area is 224 Å². The van der Waals surface area contributed by atoms with E-state index in [-0.39, 0.29) is 22.8 Å². The smallest absolute Gasteiger partial charge is 0.324 e. The summed E-state index contributed by atoms with van der Waals surface area (Å²) in [4.78, 5) is 34.2. The fourth-order valence-corrected chi connectivity index (χ4v) is 4.57. The van der Waals surface area contributed by atoms with E-state index in [2.05, 4.69) is 48.2 Å². The molecule has 0 spiro atoms. The lowest BCUT2D eigenvalue weighted by atomic mass is 9.92. The predicted octanol–water partition coefficient (Wildman–Crippen LogP) is 4.97. The molecule has 5 rings (SSSR count). The minimum absolute atomic E-state index is 0.125. The van der Waals surface area contributed by atoms with Crippen LogP contribution < -0.4 is 15.5 Å². The van der Waals surface area contributed by atoms with Crippen LogP contribution in [0.25, 0.3) is 5.69 Å². The molecule has 1 aliphatic carbocycles. The average molecular weight is 516 g/mol. The Kier molecular flexibility index (Phi) is 6.63. The number of nitrogens with zero attached hydrogens (tertiary/aromatic N) is 5. The van der Waals surface area contributed by atoms with Gasteiger partial charge in [-0.2, -0.15) is 5.10 Å². The number of hydrogen-bond acceptors (Lipinski definition) is 5. The number of benzene rings is 1. The van der Waals surface area contributed by atoms with Crippen molar-refractivity contribution < 1.29 is 9.59 Å². The van der Waals surface area contributed by atoms with E-state index in [9.17, 15) is 9.59 Å². The number of hydrogen-bond donors (Lipinski definition) is 2. The number of aryl methyl sites for hydroxylation is 1. The molecule has 9 nitrogen and oxygen atoms in total. The quantitative estimate of drug-likeness (QED) is 0.501. The van der Waals surface area contributed by atoms with E-state index in [1.165, 1.54) is 0 Å². The highest BCUT2D eigenvalue weighted by Crippen LogP contribution is 2.46. The Morgan fingerprint density at radius 2 is 1.63 bits per heavy atom. The fraction of sp³-hybridized carbons (Fsp3) is 0.448. The van der Waals surface area contributed by atoms with Crippen molar-refractivity contribution in [1.29, 1.82) is 0 Å². The lowest BCUT2D eigenvalue weighted by Crippen LogP contribution is -2.50. The van der Waals surface area contributed by atoms with E-state index in [0.717, 1.165) is 48.7 Å². The molecule has 1 aromatic carbocycles. The van der Waals surface area contributed by atoms with Gasteiger partial charge >= 0.3 is 6.03 Å². The summed E-state index contributed by atoms with van der Waals surface area (Å²) in [5, 5.41) is 10.6. The summed E-state index contributed by atoms with van der Waals surface area (Å²) in [5.74, 6) is 1.72. The van der Waals surface area contributed by atoms with Gasteiger partial charge in [0.05, 0.1) is 23.3 Å². The maximum absolute atomic E-state index is 12.9. The Hall–Kier alpha value is -3.88. The number of urea groups is 1. The molecule has 1 saturated carbocycles. The fourth-order valence-electron chi connectivity index (χ4n) is 4.57. The molecule has 2 fully saturated rings. The van der Waals surface area contributed by atoms with E-state index in [1.54, 1.807) is 10.9 Å². The van der Waals surface area contributed by atoms with Gasteiger partial charge in [0.1, 0.15) is 11.6 Å². The molecule has 2 aromatic heterocycles. The lowest BCUT2D eigenvalue weighted by molar-refractivity contribution is -0.136. The van der Waals surface area contributed by atoms with Crippen LogP contribution in [0.4, 0.5) is 22.1 Å². The lowest BCUT2D eigenvalue weighted by Gasteiger charge is -2.36. The number of pyridine rings is 1. The number of amides is 3. The molecule has 0 atom stereocenters. The Morgan fingerprint density at radius 1 is 0.947 bits per heavy atom. The van der Waals surface area contributed by atoms with Crippen molar-refractivity contribution in [1.82, 2.24) is 19.7 Å². The first-order chi connectivity index (χ1) is 18.0. The van der Waals surface area contributed by atoms with E-state index < -0.39 is 0 Å². The van der Waals surface area contributed by atoms with Crippen molar-refractivity contribution in [3.8, 4) is 5.69 Å². The molecule has 9 heteroatoms. The Balaban J connectivity index is 1.22. The van der Waals surface area contributed by atoms with Crippen molar-refractivity contribution >= 4 is 29.3 Å². The number of carbonyl (C=O) groups excluding carboxylic acids is 2. The second-order valence-electron chi connectivity index (χ2n) is 11.7. The van der Waals surface area contributed by atoms with Crippen molar-refractivity contribution in [2.24, 2.45) is 5.41 Å². The van der Waals surface area contributed by atoms with Crippen LogP contribution in [-0.2, 0) is 10.2 Å². The molecule has 2 aliphatic rings. The zero-order chi connectivity index (χ0) is 27.1. The van der Waals surface area contributed by atoms with Crippen LogP contribution in [-0.4, -0.2) is 57.8 Å². The van der Waals surface area contributed by atoms with Crippen LogP contribution in [0.5, 0.6) is 0 Å². The van der Waals surface area contributed by atoms with E-state index >= 15 is 0 Å². The van der Waals surface area contributed by atoms with Gasteiger partial charge in [-0.25, -0.2) is 14.5 Å². The summed E-state index contributed by atoms with van der Waals surface area (Å²) < 4.78 is 1.76. The van der Waals surface area contributed by atoms with Gasteiger partial charge in [0.25, 0.3) is 0 Å². The molecule has 200 valence electrons. The van der Waals surface area contributed by atoms with Crippen LogP contribution >= 0.6 is 0 Å². The minimum atomic E-state index is -0.367. The maximum Gasteiger partial charge on any atom is 0.324 e. The first-order valence-corrected chi connectivity index (χ1v) is 13.3. The summed E-state index contributed by atoms with van der Waals surface area (Å²) in [6, 6.07) is 13.3. The first kappa shape index (κ1) is 25.8. The number of aromatic nitrogens is 3. The van der Waals surface area contributed by atoms with Gasteiger partial charge in [0.2, 0.25) is 5.91 Å². The maximum atomic E-state index is 12.9. The van der Waals surface area contributed by atoms with Gasteiger partial charge in [0, 0.05) is 43.1 Å². The highest BCUT2D eigenvalue weighted by atomic mass is 16.2. The third-order valence-corrected chi connectivity index (χ3v) is 7.41. The molecular formula is C29H37N7O2. The van der Waals surface area contributed by atoms with E-state index in [1.807, 2.05) is 54.3 Å². The summed E-state index contributed by atoms with van der Waals surface area (Å²) in [6.45, 7) is 13.3. The van der Waals surface area contributed by atoms with Gasteiger partial charge in [-0.1, -0.05) is 45.4 Å². The molecule has 1 saturated heterocycles. The topological polar surface area (TPSA) is 95.4 Å². The van der Waals surface area contributed by atoms with Crippen LogP contribution in [0.3, 0.4) is 0 Å². The molecule has 0 radical (unpaired) electrons. The molecule has 3 amide bonds. The Bertz CT molecular complexity index is 1310. The van der Waals surface area contributed by atoms with E-state index in [4.69, 9.17) is 5.10 Å². The monoisotopic (exact) mass is 515 g/mol. The molecule has 2 N–H and O–H groups in total. The van der Waals surface area contributed by atoms with E-state index in [0.29, 0.717) is 24.6 Å². The van der Waals surface area contributed by atoms with Crippen molar-refractivity contribution in [3.05, 3.63) is 59.9 Å². The van der Waals surface area contributed by atoms with Gasteiger partial charge < -0.3 is 15.1 Å². The summed E-state index contributed by atoms with van der Waals surface area (Å²) >= 11 is 0. The zero-order valence-electron chi connectivity index (χ0n) is 22.9. The number of nitrogens with one attached hydrogen (secondary N) is 2. The first-order valence-electron chi connectivity index (χ1n) is 13.3. The normalized spacial score (nSPS) is 16.8. The molecule has 1 aliphatic heterocycles. The van der Waals surface area contributed by atoms with Crippen LogP contribution in [0.15, 0.2) is 48.7 Å². The molecule has 38 heavy (non-hydrogen) atoms. The Morgan fingerprint density at radius 3 is 2.21 bits per heavy atom. The van der Waals surface area contributed by atoms with Gasteiger partial charge in [0.15, 0.2) is 0 Å². The molecule has 0 unspecified atom stereocenters. The van der Waals surface area contributed by atoms with Crippen LogP contribution in [0.1, 0.15) is 51.8 Å². The van der Waals surface area contributed by atoms with Gasteiger partial charge in [-0.15, -0.1) is 0 Å². The molecule has 3 heterocycles. The van der Waals surface area contributed by atoms with Crippen LogP contribution in [0.2, 0.25) is 0 Å². The summed E-state index contributed by atoms with van der Waals surface area (Å²) in [7, 11) is 0. The number of anilines is 3. The van der Waals surface area contributed by atoms with Crippen LogP contribution in [0, 0.1) is 12.3 Å². The largest absolute Gasteiger partial charge is 0.353 e. The zero-order valence-corrected chi connectivity index (χ0v) is 22.9.